The minimum Gasteiger partial charge on any atom is -0.352 e. The van der Waals surface area contributed by atoms with Crippen molar-refractivity contribution in [2.75, 3.05) is 27.2 Å². The van der Waals surface area contributed by atoms with E-state index in [9.17, 15) is 9.59 Å². The number of carbonyl (C=O) groups excluding carboxylic acids is 1. The molecule has 2 rings (SSSR count). The van der Waals surface area contributed by atoms with Crippen molar-refractivity contribution in [1.82, 2.24) is 15.2 Å². The minimum absolute atomic E-state index is 0.144. The number of nitrogens with one attached hydrogen (secondary N) is 2. The highest BCUT2D eigenvalue weighted by molar-refractivity contribution is 5.94. The Kier molecular flexibility index (Phi) is 5.71. The standard InChI is InChI=1S/C18H23N3O2/c1-13-5-7-14(8-6-13)16-10-9-15(18(23)20-16)17(22)19-11-4-12-21(2)3/h5-10H,4,11-12H2,1-3H3,(H,19,22)(H,20,23). The minimum atomic E-state index is -0.367. The molecule has 122 valence electrons. The van der Waals surface area contributed by atoms with Gasteiger partial charge in [-0.25, -0.2) is 0 Å². The average molecular weight is 313 g/mol. The molecule has 0 saturated heterocycles. The monoisotopic (exact) mass is 313 g/mol. The van der Waals surface area contributed by atoms with Crippen LogP contribution in [0.2, 0.25) is 0 Å². The Morgan fingerprint density at radius 1 is 1.13 bits per heavy atom. The number of aromatic amines is 1. The van der Waals surface area contributed by atoms with Gasteiger partial charge in [-0.2, -0.15) is 0 Å². The highest BCUT2D eigenvalue weighted by atomic mass is 16.2. The Hall–Kier alpha value is -2.40. The van der Waals surface area contributed by atoms with Gasteiger partial charge in [0.1, 0.15) is 5.56 Å². The third kappa shape index (κ3) is 4.79. The fourth-order valence-electron chi connectivity index (χ4n) is 2.25. The number of hydrogen-bond donors (Lipinski definition) is 2. The molecule has 0 aliphatic carbocycles. The predicted octanol–water partition coefficient (Wildman–Crippen LogP) is 2.03. The summed E-state index contributed by atoms with van der Waals surface area (Å²) < 4.78 is 0. The Morgan fingerprint density at radius 2 is 1.83 bits per heavy atom. The number of aromatic nitrogens is 1. The number of hydrogen-bond acceptors (Lipinski definition) is 3. The van der Waals surface area contributed by atoms with Gasteiger partial charge in [0.15, 0.2) is 0 Å². The number of pyridine rings is 1. The lowest BCUT2D eigenvalue weighted by molar-refractivity contribution is 0.0951. The van der Waals surface area contributed by atoms with Crippen molar-refractivity contribution in [2.45, 2.75) is 13.3 Å². The number of carbonyl (C=O) groups is 1. The Balaban J connectivity index is 2.05. The Labute approximate surface area is 136 Å². The molecule has 0 fully saturated rings. The Morgan fingerprint density at radius 3 is 2.43 bits per heavy atom. The van der Waals surface area contributed by atoms with Gasteiger partial charge in [0.2, 0.25) is 0 Å². The molecule has 0 saturated carbocycles. The van der Waals surface area contributed by atoms with Crippen LogP contribution < -0.4 is 10.9 Å². The molecule has 1 aromatic carbocycles. The van der Waals surface area contributed by atoms with Gasteiger partial charge >= 0.3 is 0 Å². The molecule has 0 unspecified atom stereocenters. The molecule has 0 aliphatic heterocycles. The number of aryl methyl sites for hydroxylation is 1. The van der Waals surface area contributed by atoms with Crippen molar-refractivity contribution >= 4 is 5.91 Å². The van der Waals surface area contributed by atoms with E-state index in [0.29, 0.717) is 12.2 Å². The second kappa shape index (κ2) is 7.74. The topological polar surface area (TPSA) is 65.2 Å². The molecule has 2 N–H and O–H groups in total. The highest BCUT2D eigenvalue weighted by Crippen LogP contribution is 2.16. The number of amides is 1. The SMILES string of the molecule is Cc1ccc(-c2ccc(C(=O)NCCCN(C)C)c(=O)[nH]2)cc1. The smallest absolute Gasteiger partial charge is 0.261 e. The molecule has 0 radical (unpaired) electrons. The molecular weight excluding hydrogens is 290 g/mol. The van der Waals surface area contributed by atoms with E-state index in [2.05, 4.69) is 15.2 Å². The maximum absolute atomic E-state index is 12.1. The van der Waals surface area contributed by atoms with Gasteiger partial charge in [-0.15, -0.1) is 0 Å². The fraction of sp³-hybridized carbons (Fsp3) is 0.333. The van der Waals surface area contributed by atoms with E-state index in [4.69, 9.17) is 0 Å². The number of H-pyrrole nitrogens is 1. The van der Waals surface area contributed by atoms with E-state index < -0.39 is 0 Å². The molecule has 1 amide bonds. The van der Waals surface area contributed by atoms with Crippen LogP contribution in [0.5, 0.6) is 0 Å². The van der Waals surface area contributed by atoms with Crippen LogP contribution in [-0.2, 0) is 0 Å². The summed E-state index contributed by atoms with van der Waals surface area (Å²) in [5.41, 5.74) is 2.56. The second-order valence-corrected chi connectivity index (χ2v) is 5.89. The number of benzene rings is 1. The number of nitrogens with zero attached hydrogens (tertiary/aromatic N) is 1. The van der Waals surface area contributed by atoms with Crippen molar-refractivity contribution in [3.8, 4) is 11.3 Å². The molecule has 23 heavy (non-hydrogen) atoms. The molecule has 1 heterocycles. The summed E-state index contributed by atoms with van der Waals surface area (Å²) in [6.07, 6.45) is 0.845. The van der Waals surface area contributed by atoms with Gasteiger partial charge in [-0.3, -0.25) is 9.59 Å². The maximum atomic E-state index is 12.1. The van der Waals surface area contributed by atoms with Crippen molar-refractivity contribution in [2.24, 2.45) is 0 Å². The summed E-state index contributed by atoms with van der Waals surface area (Å²) in [5.74, 6) is -0.333. The summed E-state index contributed by atoms with van der Waals surface area (Å²) >= 11 is 0. The molecule has 0 atom stereocenters. The average Bonchev–Trinajstić information content (AvgIpc) is 2.51. The summed E-state index contributed by atoms with van der Waals surface area (Å²) in [4.78, 5) is 29.0. The van der Waals surface area contributed by atoms with Crippen LogP contribution >= 0.6 is 0 Å². The van der Waals surface area contributed by atoms with Crippen LogP contribution in [0, 0.1) is 6.92 Å². The van der Waals surface area contributed by atoms with Gasteiger partial charge in [0, 0.05) is 12.2 Å². The molecule has 0 spiro atoms. The van der Waals surface area contributed by atoms with Crippen molar-refractivity contribution in [3.63, 3.8) is 0 Å². The van der Waals surface area contributed by atoms with E-state index >= 15 is 0 Å². The third-order valence-electron chi connectivity index (χ3n) is 3.58. The Bertz CT molecular complexity index is 718. The summed E-state index contributed by atoms with van der Waals surface area (Å²) in [7, 11) is 3.96. The van der Waals surface area contributed by atoms with E-state index in [1.807, 2.05) is 45.3 Å². The van der Waals surface area contributed by atoms with E-state index in [1.165, 1.54) is 0 Å². The van der Waals surface area contributed by atoms with Crippen LogP contribution in [0.1, 0.15) is 22.3 Å². The zero-order valence-electron chi connectivity index (χ0n) is 13.8. The first-order valence-electron chi connectivity index (χ1n) is 7.70. The zero-order chi connectivity index (χ0) is 16.8. The molecular formula is C18H23N3O2. The van der Waals surface area contributed by atoms with Crippen molar-refractivity contribution in [1.29, 1.82) is 0 Å². The highest BCUT2D eigenvalue weighted by Gasteiger charge is 2.11. The summed E-state index contributed by atoms with van der Waals surface area (Å²) in [6, 6.07) is 11.2. The lowest BCUT2D eigenvalue weighted by atomic mass is 10.1. The van der Waals surface area contributed by atoms with Gasteiger partial charge < -0.3 is 15.2 Å². The second-order valence-electron chi connectivity index (χ2n) is 5.89. The quantitative estimate of drug-likeness (QED) is 0.802. The van der Waals surface area contributed by atoms with E-state index in [0.717, 1.165) is 24.1 Å². The number of rotatable bonds is 6. The van der Waals surface area contributed by atoms with Crippen molar-refractivity contribution in [3.05, 3.63) is 57.9 Å². The lowest BCUT2D eigenvalue weighted by Gasteiger charge is -2.10. The molecule has 5 heteroatoms. The largest absolute Gasteiger partial charge is 0.352 e. The first-order valence-corrected chi connectivity index (χ1v) is 7.70. The van der Waals surface area contributed by atoms with Crippen molar-refractivity contribution < 1.29 is 4.79 Å². The summed E-state index contributed by atoms with van der Waals surface area (Å²) in [6.45, 7) is 3.45. The summed E-state index contributed by atoms with van der Waals surface area (Å²) in [5, 5.41) is 2.78. The van der Waals surface area contributed by atoms with Crippen LogP contribution in [-0.4, -0.2) is 43.0 Å². The first kappa shape index (κ1) is 17.0. The van der Waals surface area contributed by atoms with Crippen LogP contribution in [0.4, 0.5) is 0 Å². The van der Waals surface area contributed by atoms with Gasteiger partial charge in [0.25, 0.3) is 11.5 Å². The van der Waals surface area contributed by atoms with E-state index in [-0.39, 0.29) is 17.0 Å². The van der Waals surface area contributed by atoms with Crippen LogP contribution in [0.25, 0.3) is 11.3 Å². The predicted molar refractivity (Wildman–Crippen MR) is 92.7 cm³/mol. The molecule has 5 nitrogen and oxygen atoms in total. The van der Waals surface area contributed by atoms with Crippen LogP contribution in [0.3, 0.4) is 0 Å². The van der Waals surface area contributed by atoms with Gasteiger partial charge in [0.05, 0.1) is 0 Å². The van der Waals surface area contributed by atoms with E-state index in [1.54, 1.807) is 12.1 Å². The maximum Gasteiger partial charge on any atom is 0.261 e. The lowest BCUT2D eigenvalue weighted by Crippen LogP contribution is -2.31. The fourth-order valence-corrected chi connectivity index (χ4v) is 2.25. The normalized spacial score (nSPS) is 10.8. The molecule has 0 bridgehead atoms. The first-order chi connectivity index (χ1) is 11.0. The van der Waals surface area contributed by atoms with Gasteiger partial charge in [-0.05, 0) is 51.7 Å². The zero-order valence-corrected chi connectivity index (χ0v) is 13.8. The van der Waals surface area contributed by atoms with Crippen LogP contribution in [0.15, 0.2) is 41.2 Å². The third-order valence-corrected chi connectivity index (χ3v) is 3.58. The molecule has 0 aliphatic rings. The molecule has 2 aromatic rings. The van der Waals surface area contributed by atoms with Gasteiger partial charge in [-0.1, -0.05) is 29.8 Å². The molecule has 1 aromatic heterocycles.